The lowest BCUT2D eigenvalue weighted by molar-refractivity contribution is -0.181. The molecule has 10 rings (SSSR count). The van der Waals surface area contributed by atoms with E-state index < -0.39 is 93.9 Å². The van der Waals surface area contributed by atoms with E-state index in [-0.39, 0.29) is 23.2 Å². The van der Waals surface area contributed by atoms with Crippen molar-refractivity contribution in [1.82, 2.24) is 19.6 Å². The van der Waals surface area contributed by atoms with Crippen molar-refractivity contribution < 1.29 is 49.2 Å². The van der Waals surface area contributed by atoms with Crippen molar-refractivity contribution in [1.29, 1.82) is 0 Å². The highest BCUT2D eigenvalue weighted by Crippen LogP contribution is 2.50. The van der Waals surface area contributed by atoms with E-state index in [1.807, 2.05) is 24.1 Å². The van der Waals surface area contributed by atoms with Crippen molar-refractivity contribution in [3.8, 4) is 0 Å². The number of alkyl halides is 1. The maximum atomic E-state index is 10.7. The molecule has 5 saturated heterocycles. The van der Waals surface area contributed by atoms with Gasteiger partial charge >= 0.3 is 0 Å². The van der Waals surface area contributed by atoms with Crippen LogP contribution in [-0.4, -0.2) is 274 Å². The number of ether oxygens (including phenoxy) is 5. The second-order valence-corrected chi connectivity index (χ2v) is 44.9. The molecule has 87 heavy (non-hydrogen) atoms. The largest absolute Gasteiger partial charge is 0.389 e. The normalized spacial score (nSPS) is 34.6. The third-order valence-corrected chi connectivity index (χ3v) is 23.1. The number of hydrogen-bond acceptors (Lipinski definition) is 22. The topological polar surface area (TPSA) is 314 Å². The summed E-state index contributed by atoms with van der Waals surface area (Å²) < 4.78 is 30.1. The number of fused-ring (bicyclic) bond motifs is 4. The first kappa shape index (κ1) is 70.5. The molecule has 4 bridgehead atoms. The first-order valence-corrected chi connectivity index (χ1v) is 42.0. The number of aliphatic hydroxyl groups excluding tert-OH is 5. The lowest BCUT2D eigenvalue weighted by Crippen LogP contribution is -2.46. The third kappa shape index (κ3) is 17.1. The average molecular weight is 1350 g/mol. The summed E-state index contributed by atoms with van der Waals surface area (Å²) in [5.41, 5.74) is 23.2. The Balaban J connectivity index is 0.000000166. The highest BCUT2D eigenvalue weighted by molar-refractivity contribution is 9.09. The highest BCUT2D eigenvalue weighted by atomic mass is 79.9. The van der Waals surface area contributed by atoms with Crippen molar-refractivity contribution in [3.05, 3.63) is 110 Å². The van der Waals surface area contributed by atoms with Gasteiger partial charge in [-0.2, -0.15) is 0 Å². The predicted octanol–water partition coefficient (Wildman–Crippen LogP) is 3.95. The van der Waals surface area contributed by atoms with Crippen molar-refractivity contribution in [2.75, 3.05) is 91.2 Å². The van der Waals surface area contributed by atoms with Crippen molar-refractivity contribution in [2.24, 2.45) is 42.9 Å². The zero-order chi connectivity index (χ0) is 64.7. The lowest BCUT2D eigenvalue weighted by atomic mass is 9.96. The molecule has 27 heteroatoms. The Hall–Kier alpha value is -3.98. The molecule has 0 aromatic rings. The van der Waals surface area contributed by atoms with Crippen LogP contribution in [0, 0.1) is 0 Å². The van der Waals surface area contributed by atoms with Crippen LogP contribution in [0.1, 0.15) is 32.6 Å². The van der Waals surface area contributed by atoms with E-state index in [2.05, 4.69) is 141 Å². The first-order chi connectivity index (χ1) is 40.2. The smallest absolute Gasteiger partial charge is 0.165 e. The Bertz CT molecular complexity index is 3160. The molecule has 22 nitrogen and oxygen atoms in total. The number of hydrogen-bond donors (Lipinski definition) is 9. The van der Waals surface area contributed by atoms with Crippen LogP contribution in [0.3, 0.4) is 0 Å². The van der Waals surface area contributed by atoms with E-state index in [4.69, 9.17) is 46.6 Å². The molecule has 13 N–H and O–H groups in total. The summed E-state index contributed by atoms with van der Waals surface area (Å²) in [5.74, 6) is 3.64. The zero-order valence-electron chi connectivity index (χ0n) is 52.2. The molecule has 15 atom stereocenters. The fourth-order valence-electron chi connectivity index (χ4n) is 11.1. The fourth-order valence-corrected chi connectivity index (χ4v) is 15.6. The van der Waals surface area contributed by atoms with Gasteiger partial charge in [0.25, 0.3) is 0 Å². The Kier molecular flexibility index (Phi) is 22.2. The predicted molar refractivity (Wildman–Crippen MR) is 371 cm³/mol. The van der Waals surface area contributed by atoms with Crippen molar-refractivity contribution >= 4 is 92.0 Å². The van der Waals surface area contributed by atoms with Gasteiger partial charge < -0.3 is 91.8 Å². The van der Waals surface area contributed by atoms with Crippen LogP contribution in [0.15, 0.2) is 130 Å². The fraction of sp³-hybridized carbons (Fsp3) is 0.567. The number of aliphatic imine (C=N–C) groups is 4. The molecule has 0 radical (unpaired) electrons. The van der Waals surface area contributed by atoms with Gasteiger partial charge in [0.05, 0.1) is 36.3 Å². The van der Waals surface area contributed by atoms with E-state index >= 15 is 0 Å². The van der Waals surface area contributed by atoms with Gasteiger partial charge in [0.1, 0.15) is 94.5 Å². The molecule has 0 aromatic heterocycles. The number of halogens is 1. The quantitative estimate of drug-likeness (QED) is 0.0600. The van der Waals surface area contributed by atoms with Crippen molar-refractivity contribution in [2.45, 2.75) is 122 Å². The van der Waals surface area contributed by atoms with Gasteiger partial charge in [-0.15, -0.1) is 52.7 Å². The van der Waals surface area contributed by atoms with E-state index in [0.717, 1.165) is 61.5 Å². The summed E-state index contributed by atoms with van der Waals surface area (Å²) in [5, 5.41) is 52.2. The molecule has 484 valence electrons. The van der Waals surface area contributed by atoms with Gasteiger partial charge in [0, 0.05) is 30.4 Å². The molecule has 0 amide bonds. The van der Waals surface area contributed by atoms with E-state index in [9.17, 15) is 25.5 Å². The van der Waals surface area contributed by atoms with E-state index in [1.54, 1.807) is 51.5 Å². The van der Waals surface area contributed by atoms with Crippen LogP contribution in [0.4, 0.5) is 0 Å². The molecular weight excluding hydrogens is 1250 g/mol. The van der Waals surface area contributed by atoms with Gasteiger partial charge in [0.2, 0.25) is 0 Å². The minimum absolute atomic E-state index is 0.204. The SMILES string of the molecule is C=C1N=C(N)C(C)=CN1[C@@H]1O[C@@]2(CCP(=C)(C)C)CO[C@@H]1[C@@H]2O.C=C1N=C(N)C=CN1[C@@H]1C=C(CCP(=C)(C)C)[C@@H](O)[C@H]1O.C=C1N=C(N)C=CN1[C@@H]1O[C@@]2(CCP(=C)(C)C)CO[C@@H]1[C@@H]2O.C=C1N=C(N)C=CN1[C@@H]1O[C@H](CCP(=C)(C)C)[C@@H](O)[C@H]1Br. The third-order valence-electron chi connectivity index (χ3n) is 16.4. The maximum Gasteiger partial charge on any atom is 0.165 e. The van der Waals surface area contributed by atoms with Gasteiger partial charge in [-0.05, 0) is 134 Å². The monoisotopic (exact) mass is 1350 g/mol. The molecule has 9 aliphatic heterocycles. The van der Waals surface area contributed by atoms with Crippen LogP contribution in [0.5, 0.6) is 0 Å². The Labute approximate surface area is 524 Å². The molecule has 10 aliphatic rings. The Morgan fingerprint density at radius 2 is 1.00 bits per heavy atom. The summed E-state index contributed by atoms with van der Waals surface area (Å²) in [6, 6.07) is -0.359. The molecule has 1 aliphatic carbocycles. The summed E-state index contributed by atoms with van der Waals surface area (Å²) in [6.45, 7) is 31.0. The first-order valence-electron chi connectivity index (χ1n) is 28.9. The van der Waals surface area contributed by atoms with Gasteiger partial charge in [-0.25, -0.2) is 20.0 Å². The summed E-state index contributed by atoms with van der Waals surface area (Å²) >= 11 is 3.53. The zero-order valence-corrected chi connectivity index (χ0v) is 57.3. The van der Waals surface area contributed by atoms with Crippen LogP contribution < -0.4 is 22.9 Å². The van der Waals surface area contributed by atoms with E-state index in [0.29, 0.717) is 59.8 Å². The lowest BCUT2D eigenvalue weighted by Gasteiger charge is -2.37. The summed E-state index contributed by atoms with van der Waals surface area (Å²) in [4.78, 5) is 23.5. The number of amidine groups is 4. The average Bonchev–Trinajstić information content (AvgIpc) is 1.63. The number of nitrogens with zero attached hydrogens (tertiary/aromatic N) is 8. The molecule has 0 saturated carbocycles. The van der Waals surface area contributed by atoms with Crippen molar-refractivity contribution in [3.63, 3.8) is 0 Å². The molecule has 0 spiro atoms. The van der Waals surface area contributed by atoms with Crippen LogP contribution >= 0.6 is 43.5 Å². The number of nitrogens with two attached hydrogens (primary N) is 4. The van der Waals surface area contributed by atoms with Crippen LogP contribution in [0.2, 0.25) is 0 Å². The van der Waals surface area contributed by atoms with Gasteiger partial charge in [0.15, 0.2) is 18.7 Å². The minimum atomic E-state index is -1.19. The highest BCUT2D eigenvalue weighted by Gasteiger charge is 2.63. The summed E-state index contributed by atoms with van der Waals surface area (Å²) in [6.07, 6.45) is 32.1. The molecule has 0 aromatic carbocycles. The number of aliphatic hydroxyl groups is 5. The standard InChI is InChI=1S/C16H26N3O3P.C15H24N3O3P.C15H24N3O2P.C14H23BrN3O2P/c1-10-8-19(11(2)18-14(10)17)15-12-13(20)16(22-15,9-21-12)6-7-23(3,4)5;1-10-17-11(16)5-7-18(10)14-12-13(19)15(21-14,9-20-12)6-8-22(2,3)4;1-10-17-13(16)5-7-18(10)12-9-11(14(19)15(12)20)6-8-21(2,3)4;1-9-17-11(16)5-7-18(9)14-12(15)13(19)10(20-14)6-8-21(2,3)4/h8,12-13,15,20H,2-3,6-7,9H2,1,4-5H3,(H2,17,18);5,7,12-14,19H,1-2,6,8-9H2,3-4H3,(H2,16,17);5,7,9,12,14-15,19-20H,1-2,6,8H2,3-4H3,(H2,16,17);5,7,10,12-14,19H,1-2,6,8H2,3-4H3,(H2,16,17)/t12-,13+,15-,16+;12-,13+,14-,15+;12-,14-,15+;10-,12-,13-,14-/m1111/s1. The molecular formula is C60H97BrN12O10P4. The molecule has 5 fully saturated rings. The summed E-state index contributed by atoms with van der Waals surface area (Å²) in [7, 11) is 0. The Morgan fingerprint density at radius 3 is 1.44 bits per heavy atom. The molecule has 0 unspecified atom stereocenters. The van der Waals surface area contributed by atoms with Gasteiger partial charge in [-0.1, -0.05) is 48.3 Å². The Morgan fingerprint density at radius 1 is 0.586 bits per heavy atom. The van der Waals surface area contributed by atoms with E-state index in [1.165, 1.54) is 0 Å². The van der Waals surface area contributed by atoms with Crippen LogP contribution in [-0.2, 0) is 23.7 Å². The van der Waals surface area contributed by atoms with Gasteiger partial charge in [-0.3, -0.25) is 0 Å². The second kappa shape index (κ2) is 27.5. The minimum Gasteiger partial charge on any atom is -0.389 e. The maximum absolute atomic E-state index is 10.7. The van der Waals surface area contributed by atoms with Crippen LogP contribution in [0.25, 0.3) is 0 Å². The second-order valence-electron chi connectivity index (χ2n) is 26.6. The molecule has 9 heterocycles. The number of rotatable bonds is 16.